The monoisotopic (exact) mass is 162 g/mol. The summed E-state index contributed by atoms with van der Waals surface area (Å²) in [6, 6.07) is 0. The van der Waals surface area contributed by atoms with Crippen LogP contribution in [-0.4, -0.2) is 45.7 Å². The van der Waals surface area contributed by atoms with Gasteiger partial charge in [-0.05, 0) is 6.92 Å². The Bertz CT molecular complexity index is 166. The van der Waals surface area contributed by atoms with Crippen molar-refractivity contribution in [3.05, 3.63) is 0 Å². The number of carbonyl (C=O) groups is 1. The molecular formula is C6H10O5. The second kappa shape index (κ2) is 2.77. The van der Waals surface area contributed by atoms with E-state index in [1.165, 1.54) is 6.92 Å². The molecule has 1 heterocycles. The van der Waals surface area contributed by atoms with Crippen molar-refractivity contribution in [2.75, 3.05) is 0 Å². The Hall–Kier alpha value is -0.650. The topological polar surface area (TPSA) is 90.3 Å². The zero-order valence-corrected chi connectivity index (χ0v) is 5.97. The van der Waals surface area contributed by atoms with Crippen molar-refractivity contribution >= 4 is 5.97 Å². The molecule has 5 nitrogen and oxygen atoms in total. The molecule has 1 rings (SSSR count). The molecule has 0 aliphatic carbocycles. The molecule has 0 bridgehead atoms. The summed E-state index contributed by atoms with van der Waals surface area (Å²) in [5, 5.41) is 26.8. The largest absolute Gasteiger partial charge is 0.445 e. The highest BCUT2D eigenvalue weighted by atomic mass is 16.7. The molecule has 0 saturated carbocycles. The molecule has 1 aliphatic rings. The van der Waals surface area contributed by atoms with Gasteiger partial charge in [0.2, 0.25) is 6.10 Å². The molecule has 5 heteroatoms. The molecule has 0 radical (unpaired) electrons. The fourth-order valence-electron chi connectivity index (χ4n) is 0.765. The van der Waals surface area contributed by atoms with Gasteiger partial charge in [-0.25, -0.2) is 4.79 Å². The summed E-state index contributed by atoms with van der Waals surface area (Å²) in [7, 11) is 0. The normalized spacial score (nSPS) is 30.5. The van der Waals surface area contributed by atoms with Crippen LogP contribution in [-0.2, 0) is 9.53 Å². The van der Waals surface area contributed by atoms with E-state index in [9.17, 15) is 4.79 Å². The zero-order chi connectivity index (χ0) is 8.59. The Kier molecular flexibility index (Phi) is 2.12. The van der Waals surface area contributed by atoms with Crippen LogP contribution in [0, 0.1) is 0 Å². The highest BCUT2D eigenvalue weighted by Crippen LogP contribution is 2.20. The number of cyclic esters (lactones) is 1. The molecular weight excluding hydrogens is 152 g/mol. The molecule has 0 amide bonds. The number of aliphatic hydroxyl groups is 3. The van der Waals surface area contributed by atoms with Crippen molar-refractivity contribution in [2.24, 2.45) is 0 Å². The number of hydrogen-bond acceptors (Lipinski definition) is 5. The summed E-state index contributed by atoms with van der Waals surface area (Å²) in [5.41, 5.74) is 0. The van der Waals surface area contributed by atoms with Crippen molar-refractivity contribution < 1.29 is 24.9 Å². The first-order valence-corrected chi connectivity index (χ1v) is 3.28. The van der Waals surface area contributed by atoms with E-state index < -0.39 is 30.4 Å². The summed E-state index contributed by atoms with van der Waals surface area (Å²) in [4.78, 5) is 10.3. The van der Waals surface area contributed by atoms with Crippen LogP contribution in [0.4, 0.5) is 0 Å². The number of carbonyl (C=O) groups excluding carboxylic acids is 1. The second-order valence-corrected chi connectivity index (χ2v) is 2.58. The highest BCUT2D eigenvalue weighted by Gasteiger charge is 2.48. The van der Waals surface area contributed by atoms with Gasteiger partial charge in [0.05, 0.1) is 6.10 Å². The van der Waals surface area contributed by atoms with Gasteiger partial charge in [-0.3, -0.25) is 0 Å². The van der Waals surface area contributed by atoms with Gasteiger partial charge in [0.15, 0.2) is 0 Å². The van der Waals surface area contributed by atoms with Crippen molar-refractivity contribution in [3.63, 3.8) is 0 Å². The standard InChI is InChI=1S/C6H10O5/c1-2(7)3(8)4(9)5-6(10)11-5/h2-5,7-9H,1H3. The molecule has 4 unspecified atom stereocenters. The first-order valence-electron chi connectivity index (χ1n) is 3.28. The van der Waals surface area contributed by atoms with Crippen LogP contribution in [0.2, 0.25) is 0 Å². The van der Waals surface area contributed by atoms with Gasteiger partial charge >= 0.3 is 5.97 Å². The van der Waals surface area contributed by atoms with Crippen LogP contribution in [0.1, 0.15) is 6.92 Å². The molecule has 0 aromatic carbocycles. The first kappa shape index (κ1) is 8.45. The number of rotatable bonds is 3. The van der Waals surface area contributed by atoms with E-state index in [4.69, 9.17) is 15.3 Å². The van der Waals surface area contributed by atoms with E-state index in [0.717, 1.165) is 0 Å². The van der Waals surface area contributed by atoms with Crippen LogP contribution in [0.5, 0.6) is 0 Å². The molecule has 0 spiro atoms. The number of epoxide rings is 1. The maximum Gasteiger partial charge on any atom is 0.351 e. The molecule has 64 valence electrons. The minimum atomic E-state index is -1.33. The lowest BCUT2D eigenvalue weighted by Gasteiger charge is -2.16. The van der Waals surface area contributed by atoms with E-state index in [1.54, 1.807) is 0 Å². The lowest BCUT2D eigenvalue weighted by Crippen LogP contribution is -2.39. The van der Waals surface area contributed by atoms with Crippen LogP contribution < -0.4 is 0 Å². The lowest BCUT2D eigenvalue weighted by molar-refractivity contribution is -0.117. The second-order valence-electron chi connectivity index (χ2n) is 2.58. The Morgan fingerprint density at radius 1 is 1.45 bits per heavy atom. The summed E-state index contributed by atoms with van der Waals surface area (Å²) in [6.45, 7) is 1.32. The average molecular weight is 162 g/mol. The van der Waals surface area contributed by atoms with Crippen LogP contribution in [0.15, 0.2) is 0 Å². The minimum absolute atomic E-state index is 0.544. The van der Waals surface area contributed by atoms with Crippen molar-refractivity contribution in [1.82, 2.24) is 0 Å². The van der Waals surface area contributed by atoms with Gasteiger partial charge in [-0.15, -0.1) is 0 Å². The van der Waals surface area contributed by atoms with Gasteiger partial charge in [0, 0.05) is 0 Å². The number of ether oxygens (including phenoxy) is 1. The quantitative estimate of drug-likeness (QED) is 0.418. The van der Waals surface area contributed by atoms with Crippen molar-refractivity contribution in [1.29, 1.82) is 0 Å². The molecule has 0 aromatic rings. The molecule has 11 heavy (non-hydrogen) atoms. The average Bonchev–Trinajstić information content (AvgIpc) is 2.63. The van der Waals surface area contributed by atoms with E-state index in [-0.39, 0.29) is 0 Å². The van der Waals surface area contributed by atoms with E-state index in [2.05, 4.69) is 4.74 Å². The summed E-state index contributed by atoms with van der Waals surface area (Å²) < 4.78 is 4.29. The fourth-order valence-corrected chi connectivity index (χ4v) is 0.765. The number of aliphatic hydroxyl groups excluding tert-OH is 3. The van der Waals surface area contributed by atoms with Gasteiger partial charge < -0.3 is 20.1 Å². The number of hydrogen-bond donors (Lipinski definition) is 3. The Morgan fingerprint density at radius 2 is 1.91 bits per heavy atom. The molecule has 1 saturated heterocycles. The van der Waals surface area contributed by atoms with Gasteiger partial charge in [-0.2, -0.15) is 0 Å². The zero-order valence-electron chi connectivity index (χ0n) is 5.97. The predicted octanol–water partition coefficient (Wildman–Crippen LogP) is -1.99. The van der Waals surface area contributed by atoms with E-state index in [1.807, 2.05) is 0 Å². The van der Waals surface area contributed by atoms with Crippen molar-refractivity contribution in [3.8, 4) is 0 Å². The summed E-state index contributed by atoms with van der Waals surface area (Å²) in [5.74, 6) is -0.544. The first-order chi connectivity index (χ1) is 5.04. The molecule has 3 N–H and O–H groups in total. The minimum Gasteiger partial charge on any atom is -0.445 e. The third-order valence-corrected chi connectivity index (χ3v) is 1.57. The van der Waals surface area contributed by atoms with E-state index in [0.29, 0.717) is 0 Å². The smallest absolute Gasteiger partial charge is 0.351 e. The Balaban J connectivity index is 2.41. The van der Waals surface area contributed by atoms with Gasteiger partial charge in [0.25, 0.3) is 0 Å². The van der Waals surface area contributed by atoms with Crippen LogP contribution in [0.25, 0.3) is 0 Å². The van der Waals surface area contributed by atoms with Gasteiger partial charge in [0.1, 0.15) is 12.2 Å². The van der Waals surface area contributed by atoms with Crippen molar-refractivity contribution in [2.45, 2.75) is 31.3 Å². The maximum absolute atomic E-state index is 10.3. The van der Waals surface area contributed by atoms with Gasteiger partial charge in [-0.1, -0.05) is 0 Å². The third kappa shape index (κ3) is 1.68. The maximum atomic E-state index is 10.3. The van der Waals surface area contributed by atoms with Crippen LogP contribution >= 0.6 is 0 Å². The molecule has 0 aromatic heterocycles. The highest BCUT2D eigenvalue weighted by molar-refractivity contribution is 5.88. The van der Waals surface area contributed by atoms with E-state index >= 15 is 0 Å². The third-order valence-electron chi connectivity index (χ3n) is 1.57. The molecule has 4 atom stereocenters. The predicted molar refractivity (Wildman–Crippen MR) is 33.6 cm³/mol. The fraction of sp³-hybridized carbons (Fsp3) is 0.833. The molecule has 1 aliphatic heterocycles. The Labute approximate surface area is 63.2 Å². The summed E-state index contributed by atoms with van der Waals surface area (Å²) >= 11 is 0. The SMILES string of the molecule is CC(O)C(O)C(O)C1OC1=O. The summed E-state index contributed by atoms with van der Waals surface area (Å²) in [6.07, 6.45) is -4.66. The lowest BCUT2D eigenvalue weighted by atomic mass is 10.1. The molecule has 1 fully saturated rings. The van der Waals surface area contributed by atoms with Crippen LogP contribution in [0.3, 0.4) is 0 Å². The Morgan fingerprint density at radius 3 is 2.18 bits per heavy atom.